The summed E-state index contributed by atoms with van der Waals surface area (Å²) in [6, 6.07) is 6.02. The molecule has 0 saturated heterocycles. The molecular formula is C11H12Cl3NO2S. The molecule has 1 aliphatic rings. The van der Waals surface area contributed by atoms with Crippen molar-refractivity contribution in [2.75, 3.05) is 6.54 Å². The van der Waals surface area contributed by atoms with E-state index in [0.29, 0.717) is 18.0 Å². The van der Waals surface area contributed by atoms with Gasteiger partial charge in [0.25, 0.3) is 0 Å². The summed E-state index contributed by atoms with van der Waals surface area (Å²) < 4.78 is 25.6. The Morgan fingerprint density at radius 2 is 1.83 bits per heavy atom. The van der Waals surface area contributed by atoms with Crippen LogP contribution in [-0.2, 0) is 10.0 Å². The van der Waals surface area contributed by atoms with Crippen molar-refractivity contribution in [2.45, 2.75) is 22.1 Å². The average Bonchev–Trinajstić information content (AvgIpc) is 2.87. The fourth-order valence-corrected chi connectivity index (χ4v) is 3.41. The van der Waals surface area contributed by atoms with E-state index in [9.17, 15) is 8.42 Å². The van der Waals surface area contributed by atoms with Gasteiger partial charge < -0.3 is 0 Å². The van der Waals surface area contributed by atoms with Gasteiger partial charge in [-0.25, -0.2) is 13.1 Å². The smallest absolute Gasteiger partial charge is 0.211 e. The molecule has 1 saturated carbocycles. The minimum Gasteiger partial charge on any atom is -0.211 e. The van der Waals surface area contributed by atoms with Crippen LogP contribution in [0.5, 0.6) is 0 Å². The van der Waals surface area contributed by atoms with Crippen molar-refractivity contribution < 1.29 is 8.42 Å². The Morgan fingerprint density at radius 1 is 1.28 bits per heavy atom. The lowest BCUT2D eigenvalue weighted by molar-refractivity contribution is 0.575. The van der Waals surface area contributed by atoms with Crippen LogP contribution in [0.15, 0.2) is 29.2 Å². The molecule has 18 heavy (non-hydrogen) atoms. The number of rotatable bonds is 5. The molecule has 0 aliphatic heterocycles. The maximum atomic E-state index is 11.9. The van der Waals surface area contributed by atoms with Gasteiger partial charge in [0.2, 0.25) is 10.0 Å². The van der Waals surface area contributed by atoms with Gasteiger partial charge in [0.05, 0.1) is 4.90 Å². The average molecular weight is 329 g/mol. The maximum absolute atomic E-state index is 11.9. The lowest BCUT2D eigenvalue weighted by atomic mass is 10.3. The van der Waals surface area contributed by atoms with Crippen LogP contribution in [0.4, 0.5) is 0 Å². The number of hydrogen-bond acceptors (Lipinski definition) is 2. The number of hydrogen-bond donors (Lipinski definition) is 1. The molecule has 0 unspecified atom stereocenters. The molecule has 1 aliphatic carbocycles. The number of nitrogens with one attached hydrogen (secondary N) is 1. The van der Waals surface area contributed by atoms with Crippen molar-refractivity contribution in [3.8, 4) is 0 Å². The van der Waals surface area contributed by atoms with Crippen molar-refractivity contribution in [3.05, 3.63) is 29.3 Å². The number of alkyl halides is 2. The van der Waals surface area contributed by atoms with Crippen LogP contribution in [0.2, 0.25) is 5.02 Å². The van der Waals surface area contributed by atoms with Crippen molar-refractivity contribution in [2.24, 2.45) is 5.92 Å². The monoisotopic (exact) mass is 327 g/mol. The summed E-state index contributed by atoms with van der Waals surface area (Å²) in [5, 5.41) is 0.501. The molecule has 0 bridgehead atoms. The van der Waals surface area contributed by atoms with E-state index in [1.54, 1.807) is 12.1 Å². The lowest BCUT2D eigenvalue weighted by Gasteiger charge is -2.06. The Kier molecular flexibility index (Phi) is 4.14. The van der Waals surface area contributed by atoms with E-state index in [4.69, 9.17) is 34.8 Å². The first-order chi connectivity index (χ1) is 8.31. The summed E-state index contributed by atoms with van der Waals surface area (Å²) in [5.74, 6) is 0.175. The summed E-state index contributed by atoms with van der Waals surface area (Å²) in [7, 11) is -3.48. The highest BCUT2D eigenvalue weighted by Crippen LogP contribution is 2.54. The summed E-state index contributed by atoms with van der Waals surface area (Å²) in [6.45, 7) is 0.330. The third-order valence-electron chi connectivity index (χ3n) is 2.86. The molecule has 1 atom stereocenters. The summed E-state index contributed by atoms with van der Waals surface area (Å²) in [6.07, 6.45) is 1.36. The third-order valence-corrected chi connectivity index (χ3v) is 5.52. The predicted molar refractivity (Wildman–Crippen MR) is 73.8 cm³/mol. The first-order valence-electron chi connectivity index (χ1n) is 5.44. The molecule has 0 spiro atoms. The van der Waals surface area contributed by atoms with E-state index in [1.807, 2.05) is 0 Å². The van der Waals surface area contributed by atoms with Crippen molar-refractivity contribution >= 4 is 44.8 Å². The van der Waals surface area contributed by atoms with Crippen molar-refractivity contribution in [1.29, 1.82) is 0 Å². The molecule has 7 heteroatoms. The fourth-order valence-electron chi connectivity index (χ4n) is 1.65. The molecule has 1 aromatic rings. The second-order valence-electron chi connectivity index (χ2n) is 4.30. The molecule has 1 aromatic carbocycles. The molecule has 0 amide bonds. The predicted octanol–water partition coefficient (Wildman–Crippen LogP) is 3.20. The molecule has 0 heterocycles. The number of benzene rings is 1. The molecule has 2 rings (SSSR count). The molecule has 100 valence electrons. The highest BCUT2D eigenvalue weighted by molar-refractivity contribution is 7.89. The van der Waals surface area contributed by atoms with Gasteiger partial charge in [0, 0.05) is 11.6 Å². The normalized spacial score (nSPS) is 21.8. The SMILES string of the molecule is O=S(=O)(NCC[C@@H]1CC1(Cl)Cl)c1ccc(Cl)cc1. The Labute approximate surface area is 121 Å². The first-order valence-corrected chi connectivity index (χ1v) is 8.06. The largest absolute Gasteiger partial charge is 0.240 e. The molecule has 1 N–H and O–H groups in total. The van der Waals surface area contributed by atoms with Gasteiger partial charge in [0.1, 0.15) is 4.33 Å². The highest BCUT2D eigenvalue weighted by atomic mass is 35.5. The van der Waals surface area contributed by atoms with Crippen LogP contribution in [0, 0.1) is 5.92 Å². The topological polar surface area (TPSA) is 46.2 Å². The summed E-state index contributed by atoms with van der Waals surface area (Å²) >= 11 is 17.4. The molecule has 3 nitrogen and oxygen atoms in total. The maximum Gasteiger partial charge on any atom is 0.240 e. The Bertz CT molecular complexity index is 528. The highest BCUT2D eigenvalue weighted by Gasteiger charge is 2.50. The van der Waals surface area contributed by atoms with Gasteiger partial charge in [-0.05, 0) is 43.0 Å². The minimum atomic E-state index is -3.48. The van der Waals surface area contributed by atoms with Crippen LogP contribution in [0.25, 0.3) is 0 Å². The zero-order valence-corrected chi connectivity index (χ0v) is 12.5. The van der Waals surface area contributed by atoms with Gasteiger partial charge in [-0.1, -0.05) is 11.6 Å². The van der Waals surface area contributed by atoms with Gasteiger partial charge in [-0.3, -0.25) is 0 Å². The van der Waals surface area contributed by atoms with E-state index in [2.05, 4.69) is 4.72 Å². The van der Waals surface area contributed by atoms with E-state index in [-0.39, 0.29) is 10.8 Å². The van der Waals surface area contributed by atoms with Crippen molar-refractivity contribution in [1.82, 2.24) is 4.72 Å². The van der Waals surface area contributed by atoms with Gasteiger partial charge in [-0.2, -0.15) is 0 Å². The van der Waals surface area contributed by atoms with E-state index < -0.39 is 14.4 Å². The van der Waals surface area contributed by atoms with Crippen LogP contribution in [0.3, 0.4) is 0 Å². The third kappa shape index (κ3) is 3.52. The molecular weight excluding hydrogens is 317 g/mol. The van der Waals surface area contributed by atoms with Crippen molar-refractivity contribution in [3.63, 3.8) is 0 Å². The quantitative estimate of drug-likeness (QED) is 0.844. The molecule has 0 radical (unpaired) electrons. The number of sulfonamides is 1. The zero-order valence-electron chi connectivity index (χ0n) is 9.37. The molecule has 0 aromatic heterocycles. The minimum absolute atomic E-state index is 0.175. The van der Waals surface area contributed by atoms with Gasteiger partial charge in [0.15, 0.2) is 0 Å². The Balaban J connectivity index is 1.90. The Hall–Kier alpha value is -0.000000000000000167. The van der Waals surface area contributed by atoms with Crippen LogP contribution >= 0.6 is 34.8 Å². The summed E-state index contributed by atoms with van der Waals surface area (Å²) in [4.78, 5) is 0.200. The fraction of sp³-hybridized carbons (Fsp3) is 0.455. The first kappa shape index (κ1) is 14.4. The second-order valence-corrected chi connectivity index (χ2v) is 8.05. The van der Waals surface area contributed by atoms with E-state index >= 15 is 0 Å². The van der Waals surface area contributed by atoms with Crippen LogP contribution in [-0.4, -0.2) is 19.3 Å². The molecule has 1 fully saturated rings. The van der Waals surface area contributed by atoms with E-state index in [0.717, 1.165) is 6.42 Å². The zero-order chi connectivity index (χ0) is 13.4. The lowest BCUT2D eigenvalue weighted by Crippen LogP contribution is -2.25. The standard InChI is InChI=1S/C11H12Cl3NO2S/c12-9-1-3-10(4-2-9)18(16,17)15-6-5-8-7-11(8,13)14/h1-4,8,15H,5-7H2/t8-/m1/s1. The van der Waals surface area contributed by atoms with Crippen LogP contribution in [0.1, 0.15) is 12.8 Å². The van der Waals surface area contributed by atoms with E-state index in [1.165, 1.54) is 12.1 Å². The second kappa shape index (κ2) is 5.17. The van der Waals surface area contributed by atoms with Gasteiger partial charge in [-0.15, -0.1) is 23.2 Å². The number of halogens is 3. The summed E-state index contributed by atoms with van der Waals surface area (Å²) in [5.41, 5.74) is 0. The van der Waals surface area contributed by atoms with Gasteiger partial charge >= 0.3 is 0 Å². The Morgan fingerprint density at radius 3 is 2.33 bits per heavy atom. The van der Waals surface area contributed by atoms with Crippen LogP contribution < -0.4 is 4.72 Å².